The summed E-state index contributed by atoms with van der Waals surface area (Å²) in [5.74, 6) is -1.09. The predicted molar refractivity (Wildman–Crippen MR) is 89.6 cm³/mol. The van der Waals surface area contributed by atoms with Crippen molar-refractivity contribution in [1.82, 2.24) is 0 Å². The van der Waals surface area contributed by atoms with E-state index in [9.17, 15) is 13.2 Å². The molecular formula is C17H24F3N3O2. The number of hydrogen-bond acceptors (Lipinski definition) is 5. The topological polar surface area (TPSA) is 96.5 Å². The SMILES string of the molecule is Nc1cc(C2CCC(C3OCC(C(F)(F)F)CO3)CC2)cc(N)c1N. The summed E-state index contributed by atoms with van der Waals surface area (Å²) in [6, 6.07) is 3.72. The molecule has 1 aliphatic carbocycles. The Morgan fingerprint density at radius 2 is 1.40 bits per heavy atom. The third kappa shape index (κ3) is 3.95. The van der Waals surface area contributed by atoms with Gasteiger partial charge in [-0.1, -0.05) is 0 Å². The molecule has 0 unspecified atom stereocenters. The highest BCUT2D eigenvalue weighted by atomic mass is 19.4. The normalized spacial score (nSPS) is 31.0. The highest BCUT2D eigenvalue weighted by Gasteiger charge is 2.44. The van der Waals surface area contributed by atoms with E-state index in [1.54, 1.807) is 0 Å². The fraction of sp³-hybridized carbons (Fsp3) is 0.647. The number of nitrogen functional groups attached to an aromatic ring is 3. The van der Waals surface area contributed by atoms with E-state index in [2.05, 4.69) is 0 Å². The summed E-state index contributed by atoms with van der Waals surface area (Å²) >= 11 is 0. The molecule has 25 heavy (non-hydrogen) atoms. The molecule has 140 valence electrons. The summed E-state index contributed by atoms with van der Waals surface area (Å²) in [6.07, 6.45) is -1.37. The van der Waals surface area contributed by atoms with Crippen LogP contribution in [0.4, 0.5) is 30.2 Å². The van der Waals surface area contributed by atoms with Crippen LogP contribution in [0, 0.1) is 11.8 Å². The number of alkyl halides is 3. The molecular weight excluding hydrogens is 335 g/mol. The van der Waals surface area contributed by atoms with Crippen molar-refractivity contribution >= 4 is 17.1 Å². The summed E-state index contributed by atoms with van der Waals surface area (Å²) in [7, 11) is 0. The minimum absolute atomic E-state index is 0.119. The lowest BCUT2D eigenvalue weighted by Crippen LogP contribution is -2.43. The van der Waals surface area contributed by atoms with Crippen LogP contribution in [-0.2, 0) is 9.47 Å². The standard InChI is InChI=1S/C17H24F3N3O2/c18-17(19,20)12-7-24-16(25-8-12)10-3-1-9(2-4-10)11-5-13(21)15(23)14(22)6-11/h5-6,9-10,12,16H,1-4,7-8,21-23H2. The Hall–Kier alpha value is -1.67. The Kier molecular flexibility index (Phi) is 5.02. The lowest BCUT2D eigenvalue weighted by atomic mass is 9.78. The molecule has 0 aromatic heterocycles. The molecule has 1 aromatic rings. The van der Waals surface area contributed by atoms with Crippen LogP contribution < -0.4 is 17.2 Å². The molecule has 1 heterocycles. The van der Waals surface area contributed by atoms with E-state index in [0.29, 0.717) is 23.0 Å². The zero-order valence-corrected chi connectivity index (χ0v) is 13.9. The van der Waals surface area contributed by atoms with Crippen molar-refractivity contribution in [3.8, 4) is 0 Å². The van der Waals surface area contributed by atoms with Crippen LogP contribution in [0.1, 0.15) is 37.2 Å². The number of benzene rings is 1. The lowest BCUT2D eigenvalue weighted by Gasteiger charge is -2.38. The van der Waals surface area contributed by atoms with E-state index in [1.165, 1.54) is 0 Å². The molecule has 1 saturated heterocycles. The highest BCUT2D eigenvalue weighted by Crippen LogP contribution is 2.41. The highest BCUT2D eigenvalue weighted by molar-refractivity contribution is 5.78. The molecule has 0 spiro atoms. The van der Waals surface area contributed by atoms with Gasteiger partial charge >= 0.3 is 6.18 Å². The zero-order valence-electron chi connectivity index (χ0n) is 13.9. The molecule has 8 heteroatoms. The molecule has 3 rings (SSSR count). The molecule has 2 aliphatic rings. The Balaban J connectivity index is 1.54. The first-order valence-corrected chi connectivity index (χ1v) is 8.50. The van der Waals surface area contributed by atoms with Gasteiger partial charge in [0.2, 0.25) is 0 Å². The first kappa shape index (κ1) is 18.1. The van der Waals surface area contributed by atoms with Gasteiger partial charge in [0.1, 0.15) is 5.92 Å². The van der Waals surface area contributed by atoms with Gasteiger partial charge in [0.15, 0.2) is 6.29 Å². The quantitative estimate of drug-likeness (QED) is 0.704. The fourth-order valence-corrected chi connectivity index (χ4v) is 3.66. The van der Waals surface area contributed by atoms with Gasteiger partial charge in [-0.3, -0.25) is 0 Å². The number of hydrogen-bond donors (Lipinski definition) is 3. The summed E-state index contributed by atoms with van der Waals surface area (Å²) < 4.78 is 48.7. The van der Waals surface area contributed by atoms with Gasteiger partial charge in [0.05, 0.1) is 30.3 Å². The molecule has 1 aromatic carbocycles. The molecule has 0 radical (unpaired) electrons. The monoisotopic (exact) mass is 359 g/mol. The Bertz CT molecular complexity index is 585. The fourth-order valence-electron chi connectivity index (χ4n) is 3.66. The zero-order chi connectivity index (χ0) is 18.2. The maximum Gasteiger partial charge on any atom is 0.396 e. The molecule has 0 bridgehead atoms. The third-order valence-electron chi connectivity index (χ3n) is 5.28. The number of rotatable bonds is 2. The Labute approximate surface area is 144 Å². The summed E-state index contributed by atoms with van der Waals surface area (Å²) in [6.45, 7) is -0.641. The number of nitrogens with two attached hydrogens (primary N) is 3. The van der Waals surface area contributed by atoms with Crippen LogP contribution in [0.15, 0.2) is 12.1 Å². The number of ether oxygens (including phenoxy) is 2. The van der Waals surface area contributed by atoms with Crippen LogP contribution in [0.25, 0.3) is 0 Å². The first-order chi connectivity index (χ1) is 11.8. The van der Waals surface area contributed by atoms with E-state index in [4.69, 9.17) is 26.7 Å². The van der Waals surface area contributed by atoms with Crippen LogP contribution >= 0.6 is 0 Å². The van der Waals surface area contributed by atoms with Gasteiger partial charge in [-0.2, -0.15) is 13.2 Å². The van der Waals surface area contributed by atoms with Crippen molar-refractivity contribution in [2.75, 3.05) is 30.4 Å². The van der Waals surface area contributed by atoms with Gasteiger partial charge in [-0.05, 0) is 49.3 Å². The van der Waals surface area contributed by atoms with E-state index in [-0.39, 0.29) is 19.1 Å². The molecule has 0 amide bonds. The van der Waals surface area contributed by atoms with Crippen molar-refractivity contribution < 1.29 is 22.6 Å². The van der Waals surface area contributed by atoms with Crippen LogP contribution in [0.3, 0.4) is 0 Å². The van der Waals surface area contributed by atoms with Crippen LogP contribution in [0.2, 0.25) is 0 Å². The average molecular weight is 359 g/mol. The second kappa shape index (κ2) is 6.92. The van der Waals surface area contributed by atoms with E-state index < -0.39 is 18.4 Å². The molecule has 5 nitrogen and oxygen atoms in total. The van der Waals surface area contributed by atoms with Crippen molar-refractivity contribution in [2.45, 2.75) is 44.1 Å². The van der Waals surface area contributed by atoms with Gasteiger partial charge in [-0.15, -0.1) is 0 Å². The molecule has 2 fully saturated rings. The van der Waals surface area contributed by atoms with Crippen molar-refractivity contribution in [1.29, 1.82) is 0 Å². The summed E-state index contributed by atoms with van der Waals surface area (Å²) in [5, 5.41) is 0. The summed E-state index contributed by atoms with van der Waals surface area (Å²) in [4.78, 5) is 0. The van der Waals surface area contributed by atoms with Crippen LogP contribution in [0.5, 0.6) is 0 Å². The maximum absolute atomic E-state index is 12.7. The second-order valence-electron chi connectivity index (χ2n) is 7.00. The minimum atomic E-state index is -4.27. The molecule has 1 aliphatic heterocycles. The molecule has 6 N–H and O–H groups in total. The van der Waals surface area contributed by atoms with Crippen molar-refractivity contribution in [3.63, 3.8) is 0 Å². The third-order valence-corrected chi connectivity index (χ3v) is 5.28. The summed E-state index contributed by atoms with van der Waals surface area (Å²) in [5.41, 5.74) is 20.0. The van der Waals surface area contributed by atoms with Gasteiger partial charge in [-0.25, -0.2) is 0 Å². The van der Waals surface area contributed by atoms with E-state index in [0.717, 1.165) is 31.2 Å². The van der Waals surface area contributed by atoms with Crippen molar-refractivity contribution in [2.24, 2.45) is 11.8 Å². The van der Waals surface area contributed by atoms with E-state index in [1.807, 2.05) is 12.1 Å². The smallest absolute Gasteiger partial charge is 0.396 e. The maximum atomic E-state index is 12.7. The van der Waals surface area contributed by atoms with Crippen LogP contribution in [-0.4, -0.2) is 25.7 Å². The Morgan fingerprint density at radius 1 is 0.880 bits per heavy atom. The average Bonchev–Trinajstić information content (AvgIpc) is 2.59. The predicted octanol–water partition coefficient (Wildman–Crippen LogP) is 3.26. The number of anilines is 3. The number of halogens is 3. The Morgan fingerprint density at radius 3 is 1.88 bits per heavy atom. The van der Waals surface area contributed by atoms with Gasteiger partial charge < -0.3 is 26.7 Å². The van der Waals surface area contributed by atoms with E-state index >= 15 is 0 Å². The first-order valence-electron chi connectivity index (χ1n) is 8.50. The lowest BCUT2D eigenvalue weighted by molar-refractivity contribution is -0.286. The largest absolute Gasteiger partial charge is 0.397 e. The van der Waals surface area contributed by atoms with Gasteiger partial charge in [0, 0.05) is 5.92 Å². The van der Waals surface area contributed by atoms with Gasteiger partial charge in [0.25, 0.3) is 0 Å². The van der Waals surface area contributed by atoms with Crippen molar-refractivity contribution in [3.05, 3.63) is 17.7 Å². The molecule has 1 saturated carbocycles. The second-order valence-corrected chi connectivity index (χ2v) is 7.00. The minimum Gasteiger partial charge on any atom is -0.397 e. The molecule has 0 atom stereocenters.